The Morgan fingerprint density at radius 3 is 1.50 bits per heavy atom. The van der Waals surface area contributed by atoms with E-state index in [1.165, 1.54) is 48.6 Å². The van der Waals surface area contributed by atoms with E-state index in [1.54, 1.807) is 49.2 Å². The molecule has 0 saturated carbocycles. The summed E-state index contributed by atoms with van der Waals surface area (Å²) in [5, 5.41) is 2.93. The Labute approximate surface area is 292 Å². The first-order valence-corrected chi connectivity index (χ1v) is 19.8. The summed E-state index contributed by atoms with van der Waals surface area (Å²) in [6, 6.07) is 28.3. The van der Waals surface area contributed by atoms with E-state index in [1.807, 2.05) is 45.7 Å². The first-order chi connectivity index (χ1) is 24.7. The van der Waals surface area contributed by atoms with Gasteiger partial charge in [0.05, 0.1) is 11.4 Å². The third-order valence-electron chi connectivity index (χ3n) is 9.43. The third kappa shape index (κ3) is 4.30. The summed E-state index contributed by atoms with van der Waals surface area (Å²) in [4.78, 5) is 2.25. The van der Waals surface area contributed by atoms with Crippen molar-refractivity contribution >= 4 is 86.1 Å². The van der Waals surface area contributed by atoms with Crippen LogP contribution in [0.1, 0.15) is 11.1 Å². The van der Waals surface area contributed by atoms with Gasteiger partial charge >= 0.3 is 0 Å². The molecule has 0 saturated heterocycles. The quantitative estimate of drug-likeness (QED) is 0.142. The van der Waals surface area contributed by atoms with E-state index >= 15 is 0 Å². The fourth-order valence-electron chi connectivity index (χ4n) is 7.10. The molecule has 0 aliphatic rings. The molecule has 0 aliphatic heterocycles. The molecule has 0 spiro atoms. The number of hydrogen-bond donors (Lipinski definition) is 3. The standard InChI is InChI=1S/C34H22N6O9S3/c41-50(42,43)30-7-3-6-27-26(30)15-17-29-34(27)40-36(38(29)40)24-14-11-22(32(19-24)52(47,48)49)9-8-21-10-13-23(18-31(21)51(44,45)46)35-37-28-16-12-20-4-1-2-5-25(20)33(28)39(35)37/h1-19H,(H,41,42,43)(H,44,45,46)(H,47,48,49). The average Bonchev–Trinajstić information content (AvgIpc) is 3.95. The fraction of sp³-hybridized carbons (Fsp3) is 0. The van der Waals surface area contributed by atoms with E-state index in [9.17, 15) is 38.9 Å². The second kappa shape index (κ2) is 9.91. The van der Waals surface area contributed by atoms with Crippen molar-refractivity contribution in [1.29, 1.82) is 0 Å². The average molecular weight is 755 g/mol. The zero-order valence-corrected chi connectivity index (χ0v) is 28.6. The Bertz CT molecular complexity index is 3500. The van der Waals surface area contributed by atoms with Gasteiger partial charge in [-0.25, -0.2) is 0 Å². The van der Waals surface area contributed by atoms with Gasteiger partial charge < -0.3 is 0 Å². The van der Waals surface area contributed by atoms with Crippen LogP contribution in [0.25, 0.3) is 67.1 Å². The maximum atomic E-state index is 12.6. The molecule has 3 N–H and O–H groups in total. The summed E-state index contributed by atoms with van der Waals surface area (Å²) in [5.74, 6) is 0. The Kier molecular flexibility index (Phi) is 5.89. The van der Waals surface area contributed by atoms with Gasteiger partial charge in [-0.15, -0.1) is 18.5 Å². The zero-order chi connectivity index (χ0) is 36.1. The van der Waals surface area contributed by atoms with Crippen LogP contribution < -0.4 is 0 Å². The van der Waals surface area contributed by atoms with Crippen LogP contribution in [0.15, 0.2) is 118 Å². The lowest BCUT2D eigenvalue weighted by Gasteiger charge is -2.07. The van der Waals surface area contributed by atoms with Gasteiger partial charge in [0.1, 0.15) is 36.8 Å². The van der Waals surface area contributed by atoms with Crippen LogP contribution in [0.5, 0.6) is 0 Å². The van der Waals surface area contributed by atoms with Gasteiger partial charge in [0.15, 0.2) is 0 Å². The third-order valence-corrected chi connectivity index (χ3v) is 12.2. The maximum Gasteiger partial charge on any atom is 0.295 e. The second-order valence-corrected chi connectivity index (χ2v) is 16.5. The fourth-order valence-corrected chi connectivity index (χ4v) is 9.21. The predicted octanol–water partition coefficient (Wildman–Crippen LogP) is 5.37. The largest absolute Gasteiger partial charge is 0.295 e. The van der Waals surface area contributed by atoms with Crippen LogP contribution in [0.2, 0.25) is 0 Å². The summed E-state index contributed by atoms with van der Waals surface area (Å²) in [6.45, 7) is 0. The van der Waals surface area contributed by atoms with Crippen LogP contribution in [-0.4, -0.2) is 67.0 Å². The lowest BCUT2D eigenvalue weighted by Crippen LogP contribution is -2.03. The summed E-state index contributed by atoms with van der Waals surface area (Å²) in [6.07, 6.45) is 2.66. The van der Waals surface area contributed by atoms with E-state index in [2.05, 4.69) is 0 Å². The monoisotopic (exact) mass is 754 g/mol. The minimum atomic E-state index is -4.79. The zero-order valence-electron chi connectivity index (χ0n) is 26.2. The molecule has 6 aromatic carbocycles. The van der Waals surface area contributed by atoms with Crippen molar-refractivity contribution in [3.8, 4) is 11.4 Å². The van der Waals surface area contributed by atoms with Crippen molar-refractivity contribution in [3.05, 3.63) is 114 Å². The van der Waals surface area contributed by atoms with Crippen molar-refractivity contribution in [2.75, 3.05) is 0 Å². The predicted molar refractivity (Wildman–Crippen MR) is 191 cm³/mol. The number of fused-ring (bicyclic) bond motifs is 12. The van der Waals surface area contributed by atoms with Crippen LogP contribution in [0.3, 0.4) is 0 Å². The molecule has 0 radical (unpaired) electrons. The Morgan fingerprint density at radius 2 is 0.942 bits per heavy atom. The first kappa shape index (κ1) is 30.9. The molecule has 0 atom stereocenters. The van der Waals surface area contributed by atoms with Crippen molar-refractivity contribution < 1.29 is 38.9 Å². The lowest BCUT2D eigenvalue weighted by atomic mass is 10.1. The normalized spacial score (nSPS) is 13.7. The molecule has 4 aromatic heterocycles. The van der Waals surface area contributed by atoms with Crippen molar-refractivity contribution in [2.45, 2.75) is 14.7 Å². The SMILES string of the molecule is O=S(=O)(O)c1cc(-n2n3c4ccc5ccccc5c4n23)ccc1C=Cc1ccc(-n2n3c4ccc5c(S(=O)(=O)O)cccc5c4n23)cc1S(=O)(=O)O. The topological polar surface area (TPSA) is 191 Å². The van der Waals surface area contributed by atoms with Crippen molar-refractivity contribution in [3.63, 3.8) is 0 Å². The molecule has 0 bridgehead atoms. The van der Waals surface area contributed by atoms with Gasteiger partial charge in [-0.1, -0.05) is 72.8 Å². The van der Waals surface area contributed by atoms with E-state index in [0.717, 1.165) is 21.8 Å². The van der Waals surface area contributed by atoms with E-state index in [4.69, 9.17) is 0 Å². The first-order valence-electron chi connectivity index (χ1n) is 15.5. The Hall–Kier alpha value is -5.89. The molecule has 10 aromatic rings. The van der Waals surface area contributed by atoms with Crippen LogP contribution in [0.4, 0.5) is 0 Å². The number of nitrogens with zero attached hydrogens (tertiary/aromatic N) is 6. The molecule has 0 unspecified atom stereocenters. The molecule has 0 aliphatic carbocycles. The highest BCUT2D eigenvalue weighted by Crippen LogP contribution is 2.37. The minimum Gasteiger partial charge on any atom is -0.282 e. The molecular formula is C34H22N6O9S3. The Morgan fingerprint density at radius 1 is 0.442 bits per heavy atom. The highest BCUT2D eigenvalue weighted by molar-refractivity contribution is 7.86. The molecule has 18 heteroatoms. The van der Waals surface area contributed by atoms with Gasteiger partial charge in [0.25, 0.3) is 30.4 Å². The highest BCUT2D eigenvalue weighted by atomic mass is 32.2. The molecular weight excluding hydrogens is 733 g/mol. The smallest absolute Gasteiger partial charge is 0.282 e. The molecule has 4 heterocycles. The number of hydrogen-bond acceptors (Lipinski definition) is 6. The van der Waals surface area contributed by atoms with Gasteiger partial charge in [0, 0.05) is 16.2 Å². The van der Waals surface area contributed by atoms with Crippen LogP contribution in [-0.2, 0) is 30.4 Å². The molecule has 15 nitrogen and oxygen atoms in total. The molecule has 10 rings (SSSR count). The van der Waals surface area contributed by atoms with Crippen LogP contribution in [0, 0.1) is 0 Å². The molecule has 0 amide bonds. The van der Waals surface area contributed by atoms with E-state index in [0.29, 0.717) is 33.2 Å². The van der Waals surface area contributed by atoms with Gasteiger partial charge in [0.2, 0.25) is 0 Å². The molecule has 260 valence electrons. The lowest BCUT2D eigenvalue weighted by molar-refractivity contribution is 0.480. The molecule has 52 heavy (non-hydrogen) atoms. The Balaban J connectivity index is 1.03. The minimum absolute atomic E-state index is 0.0418. The van der Waals surface area contributed by atoms with Gasteiger partial charge in [-0.05, 0) is 59.0 Å². The van der Waals surface area contributed by atoms with E-state index in [-0.39, 0.29) is 16.0 Å². The number of benzene rings is 6. The second-order valence-electron chi connectivity index (χ2n) is 12.4. The summed E-state index contributed by atoms with van der Waals surface area (Å²) in [5.41, 5.74) is 4.15. The van der Waals surface area contributed by atoms with E-state index < -0.39 is 40.1 Å². The van der Waals surface area contributed by atoms with Gasteiger partial charge in [-0.3, -0.25) is 13.7 Å². The van der Waals surface area contributed by atoms with Crippen molar-refractivity contribution in [2.24, 2.45) is 0 Å². The van der Waals surface area contributed by atoms with Crippen LogP contribution >= 0.6 is 0 Å². The maximum absolute atomic E-state index is 12.6. The summed E-state index contributed by atoms with van der Waals surface area (Å²) >= 11 is 0. The summed E-state index contributed by atoms with van der Waals surface area (Å²) < 4.78 is 111. The number of aromatic nitrogens is 6. The summed E-state index contributed by atoms with van der Waals surface area (Å²) in [7, 11) is -14.0. The highest BCUT2D eigenvalue weighted by Gasteiger charge is 2.30. The number of rotatable bonds is 7. The van der Waals surface area contributed by atoms with Gasteiger partial charge in [-0.2, -0.15) is 34.8 Å². The van der Waals surface area contributed by atoms with Crippen molar-refractivity contribution in [1.82, 2.24) is 28.1 Å². The molecule has 0 fully saturated rings.